The van der Waals surface area contributed by atoms with Gasteiger partial charge in [0.05, 0.1) is 24.4 Å². The van der Waals surface area contributed by atoms with E-state index in [0.29, 0.717) is 31.7 Å². The van der Waals surface area contributed by atoms with Crippen LogP contribution in [-0.2, 0) is 22.5 Å². The van der Waals surface area contributed by atoms with E-state index < -0.39 is 5.92 Å². The van der Waals surface area contributed by atoms with Crippen LogP contribution in [0.3, 0.4) is 0 Å². The van der Waals surface area contributed by atoms with Crippen molar-refractivity contribution in [2.24, 2.45) is 11.8 Å². The average molecular weight is 571 g/mol. The molecule has 1 heterocycles. The van der Waals surface area contributed by atoms with Crippen molar-refractivity contribution in [3.8, 4) is 0 Å². The van der Waals surface area contributed by atoms with Crippen LogP contribution in [-0.4, -0.2) is 37.0 Å². The minimum atomic E-state index is -0.404. The molecule has 2 atom stereocenters. The third kappa shape index (κ3) is 5.62. The van der Waals surface area contributed by atoms with Gasteiger partial charge in [0.25, 0.3) is 5.91 Å². The number of carbonyl (C=O) groups is 2. The highest BCUT2D eigenvalue weighted by Gasteiger charge is 2.33. The van der Waals surface area contributed by atoms with E-state index in [2.05, 4.69) is 38.1 Å². The average Bonchev–Trinajstić information content (AvgIpc) is 2.99. The van der Waals surface area contributed by atoms with E-state index in [1.54, 1.807) is 5.01 Å². The Bertz CT molecular complexity index is 1490. The Morgan fingerprint density at radius 3 is 2.21 bits per heavy atom. The largest absolute Gasteiger partial charge is 0.469 e. The molecule has 3 aromatic rings. The van der Waals surface area contributed by atoms with Gasteiger partial charge in [-0.3, -0.25) is 9.59 Å². The Kier molecular flexibility index (Phi) is 9.31. The maximum atomic E-state index is 13.9. The lowest BCUT2D eigenvalue weighted by molar-refractivity contribution is -0.146. The fraction of sp³-hybridized carbons (Fsp3) is 0.429. The van der Waals surface area contributed by atoms with Gasteiger partial charge in [-0.05, 0) is 111 Å². The first-order valence-electron chi connectivity index (χ1n) is 14.9. The summed E-state index contributed by atoms with van der Waals surface area (Å²) in [4.78, 5) is 29.0. The Balaban J connectivity index is 1.78. The molecule has 3 aromatic carbocycles. The SMILES string of the molecule is CCC(C(=O)OC)C(c1ccc2c(c1)CN(C(=O)c1c(C)c(C)cc(C)c1C)CC2)c1ccc(N(N)CC)c(N)c1C. The Morgan fingerprint density at radius 2 is 1.62 bits per heavy atom. The van der Waals surface area contributed by atoms with Gasteiger partial charge in [-0.2, -0.15) is 0 Å². The van der Waals surface area contributed by atoms with E-state index in [0.717, 1.165) is 62.2 Å². The summed E-state index contributed by atoms with van der Waals surface area (Å²) < 4.78 is 5.28. The fourth-order valence-electron chi connectivity index (χ4n) is 6.45. The number of hydrogen-bond donors (Lipinski definition) is 2. The Morgan fingerprint density at radius 1 is 0.952 bits per heavy atom. The van der Waals surface area contributed by atoms with Gasteiger partial charge in [0.2, 0.25) is 0 Å². The van der Waals surface area contributed by atoms with Gasteiger partial charge in [-0.15, -0.1) is 0 Å². The lowest BCUT2D eigenvalue weighted by atomic mass is 9.76. The number of nitrogens with two attached hydrogens (primary N) is 2. The van der Waals surface area contributed by atoms with Gasteiger partial charge in [0, 0.05) is 31.1 Å². The molecule has 1 amide bonds. The minimum Gasteiger partial charge on any atom is -0.469 e. The van der Waals surface area contributed by atoms with Gasteiger partial charge in [-0.25, -0.2) is 5.84 Å². The summed E-state index contributed by atoms with van der Waals surface area (Å²) in [5, 5.41) is 1.63. The molecule has 0 aromatic heterocycles. The third-order valence-electron chi connectivity index (χ3n) is 9.33. The van der Waals surface area contributed by atoms with Crippen LogP contribution in [0, 0.1) is 40.5 Å². The van der Waals surface area contributed by atoms with E-state index >= 15 is 0 Å². The van der Waals surface area contributed by atoms with Gasteiger partial charge < -0.3 is 20.4 Å². The molecule has 0 radical (unpaired) electrons. The first-order chi connectivity index (χ1) is 19.9. The quantitative estimate of drug-likeness (QED) is 0.148. The number of anilines is 2. The molecule has 224 valence electrons. The second kappa shape index (κ2) is 12.6. The number of nitrogens with zero attached hydrogens (tertiary/aromatic N) is 2. The Hall–Kier alpha value is -3.84. The molecule has 0 spiro atoms. The highest BCUT2D eigenvalue weighted by Crippen LogP contribution is 2.41. The number of nitrogen functional groups attached to an aromatic ring is 1. The molecule has 0 saturated carbocycles. The third-order valence-corrected chi connectivity index (χ3v) is 9.33. The zero-order valence-electron chi connectivity index (χ0n) is 26.4. The number of aryl methyl sites for hydroxylation is 2. The minimum absolute atomic E-state index is 0.0758. The number of rotatable bonds is 8. The number of carbonyl (C=O) groups excluding carboxylic acids is 2. The van der Waals surface area contributed by atoms with Crippen molar-refractivity contribution in [1.29, 1.82) is 0 Å². The summed E-state index contributed by atoms with van der Waals surface area (Å²) in [6, 6.07) is 12.6. The predicted octanol–water partition coefficient (Wildman–Crippen LogP) is 6.04. The number of ether oxygens (including phenoxy) is 1. The molecule has 1 aliphatic heterocycles. The molecule has 7 nitrogen and oxygen atoms in total. The number of benzene rings is 3. The summed E-state index contributed by atoms with van der Waals surface area (Å²) >= 11 is 0. The second-order valence-corrected chi connectivity index (χ2v) is 11.7. The monoisotopic (exact) mass is 570 g/mol. The summed E-state index contributed by atoms with van der Waals surface area (Å²) in [6.45, 7) is 16.0. The van der Waals surface area contributed by atoms with E-state index in [1.165, 1.54) is 12.7 Å². The first kappa shape index (κ1) is 31.1. The molecule has 4 rings (SSSR count). The normalized spacial score (nSPS) is 14.3. The topological polar surface area (TPSA) is 102 Å². The highest BCUT2D eigenvalue weighted by atomic mass is 16.5. The van der Waals surface area contributed by atoms with Crippen LogP contribution in [0.15, 0.2) is 36.4 Å². The molecule has 0 aliphatic carbocycles. The van der Waals surface area contributed by atoms with Crippen molar-refractivity contribution >= 4 is 23.3 Å². The zero-order chi connectivity index (χ0) is 30.9. The summed E-state index contributed by atoms with van der Waals surface area (Å²) in [5.74, 6) is 5.34. The van der Waals surface area contributed by atoms with Crippen molar-refractivity contribution in [2.75, 3.05) is 30.9 Å². The number of hydrogen-bond acceptors (Lipinski definition) is 6. The highest BCUT2D eigenvalue weighted by molar-refractivity contribution is 5.98. The zero-order valence-corrected chi connectivity index (χ0v) is 26.4. The molecule has 0 saturated heterocycles. The van der Waals surface area contributed by atoms with Crippen LogP contribution < -0.4 is 16.6 Å². The predicted molar refractivity (Wildman–Crippen MR) is 171 cm³/mol. The number of hydrazine groups is 1. The van der Waals surface area contributed by atoms with E-state index in [1.807, 2.05) is 51.7 Å². The molecule has 2 unspecified atom stereocenters. The van der Waals surface area contributed by atoms with Crippen molar-refractivity contribution < 1.29 is 14.3 Å². The Labute approximate surface area is 250 Å². The lowest BCUT2D eigenvalue weighted by Gasteiger charge is -2.33. The fourth-order valence-corrected chi connectivity index (χ4v) is 6.45. The summed E-state index contributed by atoms with van der Waals surface area (Å²) in [6.07, 6.45) is 1.39. The summed E-state index contributed by atoms with van der Waals surface area (Å²) in [7, 11) is 1.44. The van der Waals surface area contributed by atoms with Crippen molar-refractivity contribution in [3.05, 3.63) is 92.0 Å². The smallest absolute Gasteiger partial charge is 0.309 e. The molecular weight excluding hydrogens is 524 g/mol. The number of fused-ring (bicyclic) bond motifs is 1. The van der Waals surface area contributed by atoms with Crippen molar-refractivity contribution in [2.45, 2.75) is 73.8 Å². The number of esters is 1. The lowest BCUT2D eigenvalue weighted by Crippen LogP contribution is -2.37. The van der Waals surface area contributed by atoms with Crippen molar-refractivity contribution in [3.63, 3.8) is 0 Å². The van der Waals surface area contributed by atoms with E-state index in [9.17, 15) is 9.59 Å². The van der Waals surface area contributed by atoms with Crippen LogP contribution in [0.5, 0.6) is 0 Å². The molecule has 1 aliphatic rings. The molecule has 7 heteroatoms. The van der Waals surface area contributed by atoms with Crippen LogP contribution in [0.4, 0.5) is 11.4 Å². The van der Waals surface area contributed by atoms with Crippen LogP contribution >= 0.6 is 0 Å². The van der Waals surface area contributed by atoms with Gasteiger partial charge >= 0.3 is 5.97 Å². The number of methoxy groups -OCH3 is 1. The van der Waals surface area contributed by atoms with Gasteiger partial charge in [0.15, 0.2) is 0 Å². The van der Waals surface area contributed by atoms with Crippen LogP contribution in [0.2, 0.25) is 0 Å². The van der Waals surface area contributed by atoms with Crippen LogP contribution in [0.25, 0.3) is 0 Å². The molecule has 42 heavy (non-hydrogen) atoms. The van der Waals surface area contributed by atoms with E-state index in [4.69, 9.17) is 16.3 Å². The molecule has 0 fully saturated rings. The van der Waals surface area contributed by atoms with Gasteiger partial charge in [0.1, 0.15) is 0 Å². The maximum absolute atomic E-state index is 13.9. The summed E-state index contributed by atoms with van der Waals surface area (Å²) in [5.41, 5.74) is 18.4. The number of amides is 1. The van der Waals surface area contributed by atoms with E-state index in [-0.39, 0.29) is 17.8 Å². The maximum Gasteiger partial charge on any atom is 0.309 e. The first-order valence-corrected chi connectivity index (χ1v) is 14.9. The molecule has 0 bridgehead atoms. The van der Waals surface area contributed by atoms with Crippen molar-refractivity contribution in [1.82, 2.24) is 4.90 Å². The second-order valence-electron chi connectivity index (χ2n) is 11.7. The molecule has 4 N–H and O–H groups in total. The molecular formula is C35H46N4O3. The standard InChI is InChI=1S/C35H46N4O3/c1-9-28(35(41)42-8)32(29-13-14-30(39(37)10-2)33(36)24(29)7)26-12-11-25-15-16-38(19-27(25)18-26)34(40)31-22(5)20(3)17-21(4)23(31)6/h11-14,17-18,28,32H,9-10,15-16,19,36-37H2,1-8H3. The van der Waals surface area contributed by atoms with Gasteiger partial charge in [-0.1, -0.05) is 37.3 Å². The van der Waals surface area contributed by atoms with Crippen LogP contribution in [0.1, 0.15) is 86.6 Å².